The van der Waals surface area contributed by atoms with Crippen molar-refractivity contribution in [2.45, 2.75) is 18.2 Å². The number of hydrogen-bond donors (Lipinski definition) is 1. The number of carbonyl (C=O) groups is 1. The van der Waals surface area contributed by atoms with Crippen LogP contribution in [0.3, 0.4) is 0 Å². The highest BCUT2D eigenvalue weighted by Crippen LogP contribution is 2.34. The fraction of sp³-hybridized carbons (Fsp3) is 0.286. The average Bonchev–Trinajstić information content (AvgIpc) is 3.10. The molecule has 1 fully saturated rings. The molecule has 4 rings (SSSR count). The second kappa shape index (κ2) is 7.87. The van der Waals surface area contributed by atoms with Gasteiger partial charge in [0, 0.05) is 25.4 Å². The minimum Gasteiger partial charge on any atom is -0.468 e. The Morgan fingerprint density at radius 2 is 2.00 bits per heavy atom. The molecule has 2 heterocycles. The standard InChI is InChI=1S/C21H22N2O2S/c24-21(22-15-17-7-3-6-16-5-1-2-8-18(16)17)23-11-10-20(26-14-12-23)19-9-4-13-25-19/h1-9,13,20H,10-12,14-15H2,(H,22,24). The molecule has 3 aromatic rings. The van der Waals surface area contributed by atoms with E-state index in [4.69, 9.17) is 4.42 Å². The third kappa shape index (κ3) is 3.73. The van der Waals surface area contributed by atoms with Crippen molar-refractivity contribution in [3.8, 4) is 0 Å². The number of hydrogen-bond acceptors (Lipinski definition) is 3. The number of rotatable bonds is 3. The molecule has 0 saturated carbocycles. The maximum atomic E-state index is 12.6. The molecule has 0 bridgehead atoms. The van der Waals surface area contributed by atoms with Crippen LogP contribution in [0.2, 0.25) is 0 Å². The van der Waals surface area contributed by atoms with Gasteiger partial charge < -0.3 is 14.6 Å². The van der Waals surface area contributed by atoms with Crippen LogP contribution in [0.5, 0.6) is 0 Å². The van der Waals surface area contributed by atoms with E-state index >= 15 is 0 Å². The van der Waals surface area contributed by atoms with E-state index in [1.807, 2.05) is 47.0 Å². The number of fused-ring (bicyclic) bond motifs is 1. The molecule has 5 heteroatoms. The number of urea groups is 1. The SMILES string of the molecule is O=C(NCc1cccc2ccccc12)N1CCSC(c2ccco2)CC1. The van der Waals surface area contributed by atoms with Gasteiger partial charge in [-0.25, -0.2) is 4.79 Å². The third-order valence-corrected chi connectivity index (χ3v) is 6.09. The maximum Gasteiger partial charge on any atom is 0.317 e. The van der Waals surface area contributed by atoms with E-state index in [0.29, 0.717) is 11.8 Å². The van der Waals surface area contributed by atoms with Crippen molar-refractivity contribution >= 4 is 28.6 Å². The van der Waals surface area contributed by atoms with Crippen molar-refractivity contribution in [3.63, 3.8) is 0 Å². The molecule has 4 nitrogen and oxygen atoms in total. The topological polar surface area (TPSA) is 45.5 Å². The van der Waals surface area contributed by atoms with Crippen molar-refractivity contribution < 1.29 is 9.21 Å². The summed E-state index contributed by atoms with van der Waals surface area (Å²) in [5.41, 5.74) is 1.15. The van der Waals surface area contributed by atoms with Gasteiger partial charge in [-0.3, -0.25) is 0 Å². The minimum atomic E-state index is 0.0126. The second-order valence-electron chi connectivity index (χ2n) is 6.45. The summed E-state index contributed by atoms with van der Waals surface area (Å²) in [5.74, 6) is 1.93. The van der Waals surface area contributed by atoms with Crippen LogP contribution >= 0.6 is 11.8 Å². The van der Waals surface area contributed by atoms with Crippen LogP contribution in [0.15, 0.2) is 65.3 Å². The molecular weight excluding hydrogens is 344 g/mol. The Balaban J connectivity index is 1.37. The fourth-order valence-corrected chi connectivity index (χ4v) is 4.59. The Bertz CT molecular complexity index is 873. The lowest BCUT2D eigenvalue weighted by molar-refractivity contribution is 0.200. The summed E-state index contributed by atoms with van der Waals surface area (Å²) in [6.45, 7) is 2.06. The largest absolute Gasteiger partial charge is 0.468 e. The van der Waals surface area contributed by atoms with Crippen LogP contribution in [0.4, 0.5) is 4.79 Å². The molecule has 2 amide bonds. The smallest absolute Gasteiger partial charge is 0.317 e. The summed E-state index contributed by atoms with van der Waals surface area (Å²) >= 11 is 1.86. The Morgan fingerprint density at radius 3 is 2.88 bits per heavy atom. The Morgan fingerprint density at radius 1 is 1.12 bits per heavy atom. The summed E-state index contributed by atoms with van der Waals surface area (Å²) in [6.07, 6.45) is 2.63. The summed E-state index contributed by atoms with van der Waals surface area (Å²) in [7, 11) is 0. The molecular formula is C21H22N2O2S. The Hall–Kier alpha value is -2.40. The number of carbonyl (C=O) groups excluding carboxylic acids is 1. The van der Waals surface area contributed by atoms with Crippen LogP contribution in [0.1, 0.15) is 23.0 Å². The zero-order chi connectivity index (χ0) is 17.8. The van der Waals surface area contributed by atoms with E-state index in [-0.39, 0.29) is 6.03 Å². The molecule has 1 N–H and O–H groups in total. The van der Waals surface area contributed by atoms with Gasteiger partial charge in [0.25, 0.3) is 0 Å². The lowest BCUT2D eigenvalue weighted by atomic mass is 10.0. The van der Waals surface area contributed by atoms with Gasteiger partial charge in [-0.2, -0.15) is 0 Å². The second-order valence-corrected chi connectivity index (χ2v) is 7.76. The number of benzene rings is 2. The first-order valence-corrected chi connectivity index (χ1v) is 10.0. The van der Waals surface area contributed by atoms with Crippen molar-refractivity contribution in [2.75, 3.05) is 18.8 Å². The average molecular weight is 366 g/mol. The zero-order valence-corrected chi connectivity index (χ0v) is 15.4. The number of thioether (sulfide) groups is 1. The fourth-order valence-electron chi connectivity index (χ4n) is 3.40. The lowest BCUT2D eigenvalue weighted by Crippen LogP contribution is -2.40. The van der Waals surface area contributed by atoms with Gasteiger partial charge >= 0.3 is 6.03 Å². The Kier molecular flexibility index (Phi) is 5.16. The van der Waals surface area contributed by atoms with E-state index in [1.165, 1.54) is 10.8 Å². The molecule has 0 spiro atoms. The molecule has 1 aromatic heterocycles. The highest BCUT2D eigenvalue weighted by molar-refractivity contribution is 7.99. The number of nitrogens with one attached hydrogen (secondary N) is 1. The summed E-state index contributed by atoms with van der Waals surface area (Å²) in [5, 5.41) is 5.82. The molecule has 1 unspecified atom stereocenters. The molecule has 1 saturated heterocycles. The normalized spacial score (nSPS) is 17.8. The van der Waals surface area contributed by atoms with Gasteiger partial charge in [-0.1, -0.05) is 42.5 Å². The van der Waals surface area contributed by atoms with Gasteiger partial charge in [0.15, 0.2) is 0 Å². The predicted molar refractivity (Wildman–Crippen MR) is 106 cm³/mol. The molecule has 0 aliphatic carbocycles. The van der Waals surface area contributed by atoms with Crippen molar-refractivity contribution in [1.29, 1.82) is 0 Å². The Labute approximate surface area is 157 Å². The highest BCUT2D eigenvalue weighted by atomic mass is 32.2. The van der Waals surface area contributed by atoms with Crippen LogP contribution in [0, 0.1) is 0 Å². The maximum absolute atomic E-state index is 12.6. The molecule has 134 valence electrons. The summed E-state index contributed by atoms with van der Waals surface area (Å²) < 4.78 is 5.53. The number of nitrogens with zero attached hydrogens (tertiary/aromatic N) is 1. The van der Waals surface area contributed by atoms with E-state index in [1.54, 1.807) is 6.26 Å². The van der Waals surface area contributed by atoms with E-state index < -0.39 is 0 Å². The molecule has 1 aliphatic heterocycles. The van der Waals surface area contributed by atoms with Gasteiger partial charge in [0.2, 0.25) is 0 Å². The molecule has 26 heavy (non-hydrogen) atoms. The zero-order valence-electron chi connectivity index (χ0n) is 14.6. The first-order chi connectivity index (χ1) is 12.8. The van der Waals surface area contributed by atoms with Gasteiger partial charge in [0.1, 0.15) is 5.76 Å². The highest BCUT2D eigenvalue weighted by Gasteiger charge is 2.23. The van der Waals surface area contributed by atoms with Crippen molar-refractivity contribution in [3.05, 3.63) is 72.2 Å². The molecule has 1 aliphatic rings. The molecule has 2 aromatic carbocycles. The van der Waals surface area contributed by atoms with Crippen LogP contribution in [-0.4, -0.2) is 29.8 Å². The van der Waals surface area contributed by atoms with E-state index in [2.05, 4.69) is 29.6 Å². The molecule has 1 atom stereocenters. The molecule has 0 radical (unpaired) electrons. The van der Waals surface area contributed by atoms with Gasteiger partial charge in [-0.05, 0) is 34.9 Å². The minimum absolute atomic E-state index is 0.0126. The lowest BCUT2D eigenvalue weighted by Gasteiger charge is -2.21. The predicted octanol–water partition coefficient (Wildman–Crippen LogP) is 4.82. The summed E-state index contributed by atoms with van der Waals surface area (Å²) in [4.78, 5) is 14.6. The van der Waals surface area contributed by atoms with E-state index in [9.17, 15) is 4.79 Å². The van der Waals surface area contributed by atoms with Crippen LogP contribution < -0.4 is 5.32 Å². The third-order valence-electron chi connectivity index (χ3n) is 4.80. The van der Waals surface area contributed by atoms with Gasteiger partial charge in [-0.15, -0.1) is 11.8 Å². The van der Waals surface area contributed by atoms with Gasteiger partial charge in [0.05, 0.1) is 11.5 Å². The van der Waals surface area contributed by atoms with Crippen LogP contribution in [0.25, 0.3) is 10.8 Å². The van der Waals surface area contributed by atoms with Crippen molar-refractivity contribution in [1.82, 2.24) is 10.2 Å². The monoisotopic (exact) mass is 366 g/mol. The van der Waals surface area contributed by atoms with Crippen molar-refractivity contribution in [2.24, 2.45) is 0 Å². The number of amides is 2. The first kappa shape index (κ1) is 17.0. The summed E-state index contributed by atoms with van der Waals surface area (Å²) in [6, 6.07) is 18.5. The van der Waals surface area contributed by atoms with Crippen LogP contribution in [-0.2, 0) is 6.54 Å². The first-order valence-electron chi connectivity index (χ1n) is 8.96. The number of furan rings is 1. The van der Waals surface area contributed by atoms with E-state index in [0.717, 1.165) is 36.6 Å². The quantitative estimate of drug-likeness (QED) is 0.723.